The number of nitrogens with two attached hydrogens (primary N) is 1. The molecule has 0 aromatic heterocycles. The third kappa shape index (κ3) is 3.37. The Kier molecular flexibility index (Phi) is 4.63. The van der Waals surface area contributed by atoms with Crippen LogP contribution in [0.15, 0.2) is 22.7 Å². The second kappa shape index (κ2) is 6.06. The first kappa shape index (κ1) is 14.5. The van der Waals surface area contributed by atoms with E-state index in [0.29, 0.717) is 19.4 Å². The number of hydrogen-bond donors (Lipinski definition) is 1. The van der Waals surface area contributed by atoms with E-state index >= 15 is 0 Å². The average Bonchev–Trinajstić information content (AvgIpc) is 2.34. The SMILES string of the molecule is COc1ccc(CC(=O)CC2(CN)CCC2)cc1Br. The Balaban J connectivity index is 1.97. The molecule has 4 heteroatoms. The molecule has 2 rings (SSSR count). The lowest BCUT2D eigenvalue weighted by molar-refractivity contribution is -0.122. The maximum atomic E-state index is 12.1. The summed E-state index contributed by atoms with van der Waals surface area (Å²) >= 11 is 3.44. The molecule has 0 saturated heterocycles. The number of hydrogen-bond acceptors (Lipinski definition) is 3. The lowest BCUT2D eigenvalue weighted by Gasteiger charge is -2.40. The van der Waals surface area contributed by atoms with Gasteiger partial charge in [-0.05, 0) is 58.4 Å². The lowest BCUT2D eigenvalue weighted by atomic mass is 9.65. The van der Waals surface area contributed by atoms with E-state index in [-0.39, 0.29) is 11.2 Å². The highest BCUT2D eigenvalue weighted by Crippen LogP contribution is 2.43. The predicted molar refractivity (Wildman–Crippen MR) is 79.4 cm³/mol. The highest BCUT2D eigenvalue weighted by molar-refractivity contribution is 9.10. The highest BCUT2D eigenvalue weighted by Gasteiger charge is 2.37. The van der Waals surface area contributed by atoms with Crippen molar-refractivity contribution in [1.82, 2.24) is 0 Å². The van der Waals surface area contributed by atoms with Gasteiger partial charge in [0.1, 0.15) is 11.5 Å². The summed E-state index contributed by atoms with van der Waals surface area (Å²) < 4.78 is 6.07. The average molecular weight is 326 g/mol. The van der Waals surface area contributed by atoms with Crippen LogP contribution in [0.2, 0.25) is 0 Å². The van der Waals surface area contributed by atoms with Crippen molar-refractivity contribution in [3.8, 4) is 5.75 Å². The Labute approximate surface area is 122 Å². The molecule has 1 saturated carbocycles. The molecule has 0 heterocycles. The van der Waals surface area contributed by atoms with Crippen LogP contribution in [0.5, 0.6) is 5.75 Å². The van der Waals surface area contributed by atoms with Gasteiger partial charge in [0, 0.05) is 12.8 Å². The van der Waals surface area contributed by atoms with Crippen molar-refractivity contribution in [1.29, 1.82) is 0 Å². The van der Waals surface area contributed by atoms with Crippen molar-refractivity contribution < 1.29 is 9.53 Å². The fourth-order valence-electron chi connectivity index (χ4n) is 2.66. The van der Waals surface area contributed by atoms with E-state index in [1.54, 1.807) is 7.11 Å². The first-order valence-corrected chi connectivity index (χ1v) is 7.42. The van der Waals surface area contributed by atoms with Gasteiger partial charge in [0.25, 0.3) is 0 Å². The van der Waals surface area contributed by atoms with Crippen molar-refractivity contribution in [2.75, 3.05) is 13.7 Å². The number of carbonyl (C=O) groups is 1. The highest BCUT2D eigenvalue weighted by atomic mass is 79.9. The fraction of sp³-hybridized carbons (Fsp3) is 0.533. The summed E-state index contributed by atoms with van der Waals surface area (Å²) in [5, 5.41) is 0. The Morgan fingerprint density at radius 3 is 2.68 bits per heavy atom. The Morgan fingerprint density at radius 1 is 1.47 bits per heavy atom. The minimum Gasteiger partial charge on any atom is -0.496 e. The predicted octanol–water partition coefficient (Wildman–Crippen LogP) is 3.09. The van der Waals surface area contributed by atoms with E-state index in [0.717, 1.165) is 28.6 Å². The third-order valence-electron chi connectivity index (χ3n) is 4.04. The van der Waals surface area contributed by atoms with E-state index in [2.05, 4.69) is 15.9 Å². The van der Waals surface area contributed by atoms with Crippen molar-refractivity contribution in [2.45, 2.75) is 32.1 Å². The number of ketones is 1. The van der Waals surface area contributed by atoms with Gasteiger partial charge in [-0.3, -0.25) is 4.79 Å². The molecule has 19 heavy (non-hydrogen) atoms. The van der Waals surface area contributed by atoms with Gasteiger partial charge in [0.2, 0.25) is 0 Å². The molecule has 0 radical (unpaired) electrons. The van der Waals surface area contributed by atoms with Gasteiger partial charge in [-0.25, -0.2) is 0 Å². The number of Topliss-reactive ketones (excluding diaryl/α,β-unsaturated/α-hetero) is 1. The van der Waals surface area contributed by atoms with Crippen LogP contribution in [0.1, 0.15) is 31.2 Å². The molecule has 1 aromatic carbocycles. The quantitative estimate of drug-likeness (QED) is 0.874. The van der Waals surface area contributed by atoms with Crippen LogP contribution < -0.4 is 10.5 Å². The van der Waals surface area contributed by atoms with E-state index in [1.165, 1.54) is 6.42 Å². The van der Waals surface area contributed by atoms with Gasteiger partial charge in [-0.1, -0.05) is 12.5 Å². The summed E-state index contributed by atoms with van der Waals surface area (Å²) in [5.74, 6) is 1.07. The van der Waals surface area contributed by atoms with Gasteiger partial charge < -0.3 is 10.5 Å². The molecule has 0 unspecified atom stereocenters. The molecule has 0 amide bonds. The number of benzene rings is 1. The van der Waals surface area contributed by atoms with Crippen LogP contribution in [-0.4, -0.2) is 19.4 Å². The number of methoxy groups -OCH3 is 1. The molecular weight excluding hydrogens is 306 g/mol. The zero-order valence-corrected chi connectivity index (χ0v) is 12.8. The number of halogens is 1. The number of carbonyl (C=O) groups excluding carboxylic acids is 1. The first-order chi connectivity index (χ1) is 9.08. The second-order valence-electron chi connectivity index (χ2n) is 5.42. The van der Waals surface area contributed by atoms with Gasteiger partial charge in [-0.2, -0.15) is 0 Å². The van der Waals surface area contributed by atoms with Crippen LogP contribution in [0, 0.1) is 5.41 Å². The maximum Gasteiger partial charge on any atom is 0.137 e. The normalized spacial score (nSPS) is 16.8. The van der Waals surface area contributed by atoms with E-state index < -0.39 is 0 Å². The summed E-state index contributed by atoms with van der Waals surface area (Å²) in [7, 11) is 1.63. The van der Waals surface area contributed by atoms with Crippen LogP contribution in [0.25, 0.3) is 0 Å². The minimum absolute atomic E-state index is 0.0980. The van der Waals surface area contributed by atoms with Crippen LogP contribution in [-0.2, 0) is 11.2 Å². The second-order valence-corrected chi connectivity index (χ2v) is 6.27. The Hall–Kier alpha value is -0.870. The maximum absolute atomic E-state index is 12.1. The van der Waals surface area contributed by atoms with Crippen molar-refractivity contribution >= 4 is 21.7 Å². The topological polar surface area (TPSA) is 52.3 Å². The third-order valence-corrected chi connectivity index (χ3v) is 4.66. The smallest absolute Gasteiger partial charge is 0.137 e. The van der Waals surface area contributed by atoms with E-state index in [1.807, 2.05) is 18.2 Å². The fourth-order valence-corrected chi connectivity index (χ4v) is 3.25. The summed E-state index contributed by atoms with van der Waals surface area (Å²) in [5.41, 5.74) is 6.91. The summed E-state index contributed by atoms with van der Waals surface area (Å²) in [6.07, 6.45) is 4.50. The molecule has 0 aliphatic heterocycles. The number of ether oxygens (including phenoxy) is 1. The van der Waals surface area contributed by atoms with E-state index in [9.17, 15) is 4.79 Å². The monoisotopic (exact) mass is 325 g/mol. The summed E-state index contributed by atoms with van der Waals surface area (Å²) in [6.45, 7) is 0.630. The van der Waals surface area contributed by atoms with Crippen molar-refractivity contribution in [3.05, 3.63) is 28.2 Å². The Morgan fingerprint density at radius 2 is 2.21 bits per heavy atom. The van der Waals surface area contributed by atoms with Gasteiger partial charge in [0.05, 0.1) is 11.6 Å². The molecule has 1 aliphatic rings. The van der Waals surface area contributed by atoms with Crippen LogP contribution in [0.4, 0.5) is 0 Å². The number of rotatable bonds is 6. The molecule has 1 aromatic rings. The summed E-state index contributed by atoms with van der Waals surface area (Å²) in [4.78, 5) is 12.1. The molecular formula is C15H20BrNO2. The van der Waals surface area contributed by atoms with Gasteiger partial charge in [0.15, 0.2) is 0 Å². The van der Waals surface area contributed by atoms with Crippen molar-refractivity contribution in [3.63, 3.8) is 0 Å². The standard InChI is InChI=1S/C15H20BrNO2/c1-19-14-4-3-11(8-13(14)16)7-12(18)9-15(10-17)5-2-6-15/h3-4,8H,2,5-7,9-10,17H2,1H3. The molecule has 3 nitrogen and oxygen atoms in total. The molecule has 104 valence electrons. The molecule has 2 N–H and O–H groups in total. The minimum atomic E-state index is 0.0980. The van der Waals surface area contributed by atoms with E-state index in [4.69, 9.17) is 10.5 Å². The molecule has 1 aliphatic carbocycles. The Bertz CT molecular complexity index is 464. The molecule has 0 atom stereocenters. The molecule has 0 bridgehead atoms. The van der Waals surface area contributed by atoms with Gasteiger partial charge >= 0.3 is 0 Å². The zero-order chi connectivity index (χ0) is 13.9. The van der Waals surface area contributed by atoms with Crippen molar-refractivity contribution in [2.24, 2.45) is 11.1 Å². The zero-order valence-electron chi connectivity index (χ0n) is 11.2. The molecule has 1 fully saturated rings. The van der Waals surface area contributed by atoms with Gasteiger partial charge in [-0.15, -0.1) is 0 Å². The van der Waals surface area contributed by atoms with Crippen LogP contribution in [0.3, 0.4) is 0 Å². The first-order valence-electron chi connectivity index (χ1n) is 6.63. The molecule has 0 spiro atoms. The summed E-state index contributed by atoms with van der Waals surface area (Å²) in [6, 6.07) is 5.78. The lowest BCUT2D eigenvalue weighted by Crippen LogP contribution is -2.39. The van der Waals surface area contributed by atoms with Crippen LogP contribution >= 0.6 is 15.9 Å². The largest absolute Gasteiger partial charge is 0.496 e.